The molecule has 2 aromatic carbocycles. The molecule has 0 radical (unpaired) electrons. The molecule has 1 aromatic heterocycles. The highest BCUT2D eigenvalue weighted by molar-refractivity contribution is 5.75. The van der Waals surface area contributed by atoms with Crippen LogP contribution in [0.5, 0.6) is 11.5 Å². The molecule has 0 spiro atoms. The number of amides is 1. The van der Waals surface area contributed by atoms with E-state index >= 15 is 0 Å². The van der Waals surface area contributed by atoms with Gasteiger partial charge in [0.1, 0.15) is 29.2 Å². The van der Waals surface area contributed by atoms with Crippen LogP contribution in [0.3, 0.4) is 0 Å². The Morgan fingerprint density at radius 1 is 1.10 bits per heavy atom. The van der Waals surface area contributed by atoms with Gasteiger partial charge in [-0.15, -0.1) is 0 Å². The first-order valence-electron chi connectivity index (χ1n) is 13.3. The first-order valence-corrected chi connectivity index (χ1v) is 13.3. The number of aliphatic hydroxyl groups excluding tert-OH is 1. The van der Waals surface area contributed by atoms with Gasteiger partial charge in [0.2, 0.25) is 5.91 Å². The molecule has 1 atom stereocenters. The number of aromatic nitrogens is 1. The molecule has 1 heterocycles. The fourth-order valence-corrected chi connectivity index (χ4v) is 4.03. The predicted octanol–water partition coefficient (Wildman–Crippen LogP) is 3.52. The number of carbonyl (C=O) groups is 1. The number of aryl methyl sites for hydroxylation is 1. The van der Waals surface area contributed by atoms with Crippen LogP contribution in [0.2, 0.25) is 0 Å². The fourth-order valence-electron chi connectivity index (χ4n) is 4.03. The first-order chi connectivity index (χ1) is 19.6. The van der Waals surface area contributed by atoms with Gasteiger partial charge in [-0.3, -0.25) is 9.59 Å². The molecule has 0 bridgehead atoms. The number of nitrogens with zero attached hydrogens (tertiary/aromatic N) is 2. The van der Waals surface area contributed by atoms with Crippen molar-refractivity contribution < 1.29 is 19.4 Å². The minimum Gasteiger partial charge on any atom is -0.494 e. The Morgan fingerprint density at radius 2 is 1.80 bits per heavy atom. The van der Waals surface area contributed by atoms with Crippen LogP contribution >= 0.6 is 0 Å². The topological polar surface area (TPSA) is 160 Å². The van der Waals surface area contributed by atoms with Crippen molar-refractivity contribution in [3.63, 3.8) is 0 Å². The first kappa shape index (κ1) is 30.9. The van der Waals surface area contributed by atoms with Crippen molar-refractivity contribution in [3.8, 4) is 34.8 Å². The van der Waals surface area contributed by atoms with Crippen LogP contribution in [0.25, 0.3) is 11.1 Å². The van der Waals surface area contributed by atoms with Gasteiger partial charge in [0.05, 0.1) is 12.2 Å². The van der Waals surface area contributed by atoms with Crippen molar-refractivity contribution in [1.82, 2.24) is 15.6 Å². The van der Waals surface area contributed by atoms with Crippen molar-refractivity contribution >= 4 is 5.91 Å². The molecule has 1 unspecified atom stereocenters. The zero-order valence-corrected chi connectivity index (χ0v) is 23.5. The van der Waals surface area contributed by atoms with Crippen LogP contribution in [0, 0.1) is 29.6 Å². The number of hydrogen-bond donors (Lipinski definition) is 4. The summed E-state index contributed by atoms with van der Waals surface area (Å²) < 4.78 is 11.2. The SMILES string of the molecule is Cc1[nH]c(=O)c(C#N)cc1-c1ccc(OCCCC(=O)NCC(C)(C)NCCC(O)Oc2ccccc2C#N)cc1. The number of carbonyl (C=O) groups excluding carboxylic acids is 1. The molecule has 3 rings (SSSR count). The van der Waals surface area contributed by atoms with E-state index in [0.29, 0.717) is 61.7 Å². The second-order valence-electron chi connectivity index (χ2n) is 10.2. The largest absolute Gasteiger partial charge is 0.494 e. The van der Waals surface area contributed by atoms with E-state index in [2.05, 4.69) is 15.6 Å². The number of aliphatic hydroxyl groups is 1. The molecule has 41 heavy (non-hydrogen) atoms. The quantitative estimate of drug-likeness (QED) is 0.173. The summed E-state index contributed by atoms with van der Waals surface area (Å²) in [6.45, 7) is 6.91. The number of ether oxygens (including phenoxy) is 2. The van der Waals surface area contributed by atoms with Crippen molar-refractivity contribution in [3.05, 3.63) is 81.8 Å². The minimum atomic E-state index is -1.07. The lowest BCUT2D eigenvalue weighted by Crippen LogP contribution is -2.49. The Labute approximate surface area is 239 Å². The lowest BCUT2D eigenvalue weighted by atomic mass is 10.0. The van der Waals surface area contributed by atoms with Gasteiger partial charge in [-0.05, 0) is 63.1 Å². The highest BCUT2D eigenvalue weighted by atomic mass is 16.6. The van der Waals surface area contributed by atoms with Crippen molar-refractivity contribution in [1.29, 1.82) is 10.5 Å². The maximum atomic E-state index is 12.3. The minimum absolute atomic E-state index is 0.0616. The van der Waals surface area contributed by atoms with Gasteiger partial charge in [-0.25, -0.2) is 0 Å². The molecule has 0 aliphatic heterocycles. The van der Waals surface area contributed by atoms with Gasteiger partial charge in [0.15, 0.2) is 6.29 Å². The molecule has 0 fully saturated rings. The number of aromatic amines is 1. The lowest BCUT2D eigenvalue weighted by Gasteiger charge is -2.27. The fraction of sp³-hybridized carbons (Fsp3) is 0.355. The van der Waals surface area contributed by atoms with Gasteiger partial charge >= 0.3 is 0 Å². The van der Waals surface area contributed by atoms with Gasteiger partial charge in [0.25, 0.3) is 5.56 Å². The van der Waals surface area contributed by atoms with Gasteiger partial charge in [0, 0.05) is 42.7 Å². The van der Waals surface area contributed by atoms with Crippen LogP contribution in [0.15, 0.2) is 59.4 Å². The summed E-state index contributed by atoms with van der Waals surface area (Å²) in [6.07, 6.45) is 0.0931. The van der Waals surface area contributed by atoms with Crippen molar-refractivity contribution in [2.24, 2.45) is 0 Å². The number of para-hydroxylation sites is 1. The molecule has 0 aliphatic carbocycles. The van der Waals surface area contributed by atoms with Crippen molar-refractivity contribution in [2.75, 3.05) is 19.7 Å². The Kier molecular flexibility index (Phi) is 11.0. The number of rotatable bonds is 14. The molecule has 0 saturated heterocycles. The average Bonchev–Trinajstić information content (AvgIpc) is 2.95. The van der Waals surface area contributed by atoms with E-state index in [9.17, 15) is 14.7 Å². The zero-order chi connectivity index (χ0) is 29.8. The summed E-state index contributed by atoms with van der Waals surface area (Å²) >= 11 is 0. The molecule has 10 nitrogen and oxygen atoms in total. The zero-order valence-electron chi connectivity index (χ0n) is 23.5. The average molecular weight is 558 g/mol. The molecular formula is C31H35N5O5. The summed E-state index contributed by atoms with van der Waals surface area (Å²) in [5, 5.41) is 34.6. The Bertz CT molecular complexity index is 1470. The number of nitrogens with one attached hydrogen (secondary N) is 3. The van der Waals surface area contributed by atoms with E-state index in [1.807, 2.05) is 50.3 Å². The third-order valence-corrected chi connectivity index (χ3v) is 6.33. The normalized spacial score (nSPS) is 11.7. The number of pyridine rings is 1. The lowest BCUT2D eigenvalue weighted by molar-refractivity contribution is -0.121. The van der Waals surface area contributed by atoms with Crippen LogP contribution in [-0.2, 0) is 4.79 Å². The van der Waals surface area contributed by atoms with Crippen LogP contribution < -0.4 is 25.7 Å². The standard InChI is InChI=1S/C31H35N5O5/c1-21-26(17-24(19-33)30(39)36-21)22-10-12-25(13-11-22)40-16-6-9-28(37)34-20-31(2,3)35-15-14-29(38)41-27-8-5-4-7-23(27)18-32/h4-5,7-8,10-13,17,29,35,38H,6,9,14-16,20H2,1-3H3,(H,34,37)(H,36,39). The Hall–Kier alpha value is -4.64. The third-order valence-electron chi connectivity index (χ3n) is 6.33. The van der Waals surface area contributed by atoms with E-state index in [-0.39, 0.29) is 11.5 Å². The number of hydrogen-bond acceptors (Lipinski definition) is 8. The van der Waals surface area contributed by atoms with E-state index < -0.39 is 17.4 Å². The van der Waals surface area contributed by atoms with E-state index in [1.165, 1.54) is 0 Å². The van der Waals surface area contributed by atoms with E-state index in [1.54, 1.807) is 37.3 Å². The summed E-state index contributed by atoms with van der Waals surface area (Å²) in [5.41, 5.74) is 1.91. The molecule has 0 aliphatic rings. The van der Waals surface area contributed by atoms with E-state index in [0.717, 1.165) is 11.1 Å². The summed E-state index contributed by atoms with van der Waals surface area (Å²) in [5.74, 6) is 0.910. The smallest absolute Gasteiger partial charge is 0.266 e. The van der Waals surface area contributed by atoms with Crippen molar-refractivity contribution in [2.45, 2.75) is 51.9 Å². The number of H-pyrrole nitrogens is 1. The van der Waals surface area contributed by atoms with Crippen LogP contribution in [0.4, 0.5) is 0 Å². The monoisotopic (exact) mass is 557 g/mol. The molecular weight excluding hydrogens is 522 g/mol. The molecule has 0 saturated carbocycles. The molecule has 10 heteroatoms. The maximum Gasteiger partial charge on any atom is 0.266 e. The highest BCUT2D eigenvalue weighted by Gasteiger charge is 2.19. The van der Waals surface area contributed by atoms with E-state index in [4.69, 9.17) is 20.0 Å². The molecule has 1 amide bonds. The van der Waals surface area contributed by atoms with Crippen LogP contribution in [0.1, 0.15) is 49.9 Å². The molecule has 3 aromatic rings. The van der Waals surface area contributed by atoms with Gasteiger partial charge in [-0.1, -0.05) is 24.3 Å². The van der Waals surface area contributed by atoms with Gasteiger partial charge < -0.3 is 30.2 Å². The Balaban J connectivity index is 1.34. The second kappa shape index (κ2) is 14.7. The maximum absolute atomic E-state index is 12.3. The van der Waals surface area contributed by atoms with Crippen LogP contribution in [-0.4, -0.2) is 47.5 Å². The number of nitriles is 2. The Morgan fingerprint density at radius 3 is 2.51 bits per heavy atom. The molecule has 214 valence electrons. The summed E-state index contributed by atoms with van der Waals surface area (Å²) in [4.78, 5) is 26.8. The van der Waals surface area contributed by atoms with Gasteiger partial charge in [-0.2, -0.15) is 10.5 Å². The number of benzene rings is 2. The summed E-state index contributed by atoms with van der Waals surface area (Å²) in [7, 11) is 0. The summed E-state index contributed by atoms with van der Waals surface area (Å²) in [6, 6.07) is 19.6. The molecule has 4 N–H and O–H groups in total. The highest BCUT2D eigenvalue weighted by Crippen LogP contribution is 2.24. The second-order valence-corrected chi connectivity index (χ2v) is 10.2. The third kappa shape index (κ3) is 9.50. The predicted molar refractivity (Wildman–Crippen MR) is 154 cm³/mol.